The van der Waals surface area contributed by atoms with Gasteiger partial charge in [-0.15, -0.1) is 0 Å². The summed E-state index contributed by atoms with van der Waals surface area (Å²) in [5.74, 6) is -1.20. The van der Waals surface area contributed by atoms with E-state index >= 15 is 0 Å². The zero-order valence-electron chi connectivity index (χ0n) is 14.8. The SMILES string of the molecule is COc1cccc2[nH]c(=O)c(C(=O)N(C)c3ccc(C(F)(F)F)cc3)c(O)c12. The highest BCUT2D eigenvalue weighted by atomic mass is 19.4. The average Bonchev–Trinajstić information content (AvgIpc) is 2.66. The number of hydrogen-bond donors (Lipinski definition) is 2. The Labute approximate surface area is 156 Å². The van der Waals surface area contributed by atoms with E-state index in [2.05, 4.69) is 4.98 Å². The Morgan fingerprint density at radius 3 is 2.36 bits per heavy atom. The number of pyridine rings is 1. The number of carbonyl (C=O) groups excluding carboxylic acids is 1. The molecule has 0 radical (unpaired) electrons. The molecule has 0 fully saturated rings. The monoisotopic (exact) mass is 392 g/mol. The number of aromatic nitrogens is 1. The van der Waals surface area contributed by atoms with Crippen molar-refractivity contribution in [3.05, 3.63) is 63.9 Å². The lowest BCUT2D eigenvalue weighted by molar-refractivity contribution is -0.137. The molecule has 0 saturated carbocycles. The van der Waals surface area contributed by atoms with Gasteiger partial charge < -0.3 is 19.7 Å². The molecule has 3 rings (SSSR count). The van der Waals surface area contributed by atoms with Crippen molar-refractivity contribution in [3.8, 4) is 11.5 Å². The third kappa shape index (κ3) is 3.26. The Morgan fingerprint density at radius 2 is 1.79 bits per heavy atom. The molecule has 1 heterocycles. The third-order valence-corrected chi connectivity index (χ3v) is 4.30. The first kappa shape index (κ1) is 19.3. The number of carbonyl (C=O) groups is 1. The van der Waals surface area contributed by atoms with E-state index in [1.165, 1.54) is 20.2 Å². The molecular formula is C19H15F3N2O4. The number of amides is 1. The van der Waals surface area contributed by atoms with Crippen molar-refractivity contribution >= 4 is 22.5 Å². The minimum atomic E-state index is -4.51. The molecule has 6 nitrogen and oxygen atoms in total. The lowest BCUT2D eigenvalue weighted by Crippen LogP contribution is -2.31. The van der Waals surface area contributed by atoms with Crippen LogP contribution in [0.1, 0.15) is 15.9 Å². The molecule has 2 N–H and O–H groups in total. The fourth-order valence-corrected chi connectivity index (χ4v) is 2.82. The van der Waals surface area contributed by atoms with E-state index in [9.17, 15) is 27.9 Å². The fraction of sp³-hybridized carbons (Fsp3) is 0.158. The Kier molecular flexibility index (Phi) is 4.76. The molecule has 0 atom stereocenters. The number of halogens is 3. The Morgan fingerprint density at radius 1 is 1.14 bits per heavy atom. The van der Waals surface area contributed by atoms with Crippen LogP contribution in [0.3, 0.4) is 0 Å². The number of hydrogen-bond acceptors (Lipinski definition) is 4. The van der Waals surface area contributed by atoms with Gasteiger partial charge in [0.25, 0.3) is 11.5 Å². The number of benzene rings is 2. The number of ether oxygens (including phenoxy) is 1. The summed E-state index contributed by atoms with van der Waals surface area (Å²) in [6.07, 6.45) is -4.51. The number of alkyl halides is 3. The quantitative estimate of drug-likeness (QED) is 0.714. The maximum absolute atomic E-state index is 12.8. The number of nitrogens with zero attached hydrogens (tertiary/aromatic N) is 1. The number of anilines is 1. The number of methoxy groups -OCH3 is 1. The van der Waals surface area contributed by atoms with E-state index in [-0.39, 0.29) is 22.3 Å². The van der Waals surface area contributed by atoms with Crippen LogP contribution >= 0.6 is 0 Å². The lowest BCUT2D eigenvalue weighted by atomic mass is 10.1. The summed E-state index contributed by atoms with van der Waals surface area (Å²) >= 11 is 0. The standard InChI is InChI=1S/C19H15F3N2O4/c1-24(11-8-6-10(7-9-11)19(20,21)22)18(27)15-16(25)14-12(23-17(15)26)4-3-5-13(14)28-2/h3-9H,1-2H3,(H2,23,25,26). The van der Waals surface area contributed by atoms with Gasteiger partial charge in [0.05, 0.1) is 23.6 Å². The van der Waals surface area contributed by atoms with Crippen LogP contribution < -0.4 is 15.2 Å². The molecule has 0 spiro atoms. The molecule has 146 valence electrons. The number of aromatic hydroxyl groups is 1. The second-order valence-corrected chi connectivity index (χ2v) is 5.97. The predicted molar refractivity (Wildman–Crippen MR) is 97.0 cm³/mol. The van der Waals surface area contributed by atoms with Gasteiger partial charge in [0, 0.05) is 12.7 Å². The van der Waals surface area contributed by atoms with Gasteiger partial charge in [0.1, 0.15) is 17.1 Å². The highest BCUT2D eigenvalue weighted by molar-refractivity contribution is 6.10. The van der Waals surface area contributed by atoms with Crippen LogP contribution in [-0.2, 0) is 6.18 Å². The molecule has 28 heavy (non-hydrogen) atoms. The van der Waals surface area contributed by atoms with Crippen molar-refractivity contribution in [2.24, 2.45) is 0 Å². The highest BCUT2D eigenvalue weighted by Crippen LogP contribution is 2.34. The number of rotatable bonds is 3. The molecule has 0 aliphatic carbocycles. The average molecular weight is 392 g/mol. The van der Waals surface area contributed by atoms with Crippen LogP contribution in [0, 0.1) is 0 Å². The summed E-state index contributed by atoms with van der Waals surface area (Å²) in [4.78, 5) is 28.6. The van der Waals surface area contributed by atoms with E-state index in [1.54, 1.807) is 12.1 Å². The van der Waals surface area contributed by atoms with Gasteiger partial charge in [0.15, 0.2) is 0 Å². The van der Waals surface area contributed by atoms with Crippen molar-refractivity contribution in [1.29, 1.82) is 0 Å². The summed E-state index contributed by atoms with van der Waals surface area (Å²) < 4.78 is 43.3. The van der Waals surface area contributed by atoms with Gasteiger partial charge in [-0.05, 0) is 36.4 Å². The minimum Gasteiger partial charge on any atom is -0.506 e. The molecular weight excluding hydrogens is 377 g/mol. The van der Waals surface area contributed by atoms with Crippen LogP contribution in [0.5, 0.6) is 11.5 Å². The largest absolute Gasteiger partial charge is 0.506 e. The number of nitrogens with one attached hydrogen (secondary N) is 1. The highest BCUT2D eigenvalue weighted by Gasteiger charge is 2.30. The molecule has 1 amide bonds. The molecule has 3 aromatic rings. The van der Waals surface area contributed by atoms with Gasteiger partial charge in [-0.3, -0.25) is 9.59 Å². The van der Waals surface area contributed by atoms with Gasteiger partial charge in [-0.1, -0.05) is 6.07 Å². The smallest absolute Gasteiger partial charge is 0.416 e. The minimum absolute atomic E-state index is 0.122. The lowest BCUT2D eigenvalue weighted by Gasteiger charge is -2.19. The fourth-order valence-electron chi connectivity index (χ4n) is 2.82. The first-order valence-electron chi connectivity index (χ1n) is 8.02. The zero-order valence-corrected chi connectivity index (χ0v) is 14.8. The van der Waals surface area contributed by atoms with Crippen molar-refractivity contribution in [2.75, 3.05) is 19.1 Å². The zero-order chi connectivity index (χ0) is 20.6. The van der Waals surface area contributed by atoms with E-state index in [4.69, 9.17) is 4.74 Å². The van der Waals surface area contributed by atoms with E-state index in [0.717, 1.165) is 29.2 Å². The molecule has 9 heteroatoms. The van der Waals surface area contributed by atoms with Crippen molar-refractivity contribution in [1.82, 2.24) is 4.98 Å². The molecule has 0 unspecified atom stereocenters. The third-order valence-electron chi connectivity index (χ3n) is 4.30. The van der Waals surface area contributed by atoms with Gasteiger partial charge >= 0.3 is 6.18 Å². The maximum atomic E-state index is 12.8. The van der Waals surface area contributed by atoms with E-state index in [0.29, 0.717) is 0 Å². The van der Waals surface area contributed by atoms with Crippen LogP contribution in [-0.4, -0.2) is 30.2 Å². The number of aromatic amines is 1. The van der Waals surface area contributed by atoms with Crippen LogP contribution in [0.15, 0.2) is 47.3 Å². The second-order valence-electron chi connectivity index (χ2n) is 5.97. The summed E-state index contributed by atoms with van der Waals surface area (Å²) in [5, 5.41) is 10.7. The first-order valence-corrected chi connectivity index (χ1v) is 8.02. The normalized spacial score (nSPS) is 11.5. The molecule has 0 aliphatic rings. The number of H-pyrrole nitrogens is 1. The molecule has 2 aromatic carbocycles. The van der Waals surface area contributed by atoms with Crippen molar-refractivity contribution in [3.63, 3.8) is 0 Å². The molecule has 0 aliphatic heterocycles. The molecule has 0 saturated heterocycles. The Hall–Kier alpha value is -3.49. The van der Waals surface area contributed by atoms with E-state index in [1.807, 2.05) is 0 Å². The predicted octanol–water partition coefficient (Wildman–Crippen LogP) is 3.54. The topological polar surface area (TPSA) is 82.6 Å². The van der Waals surface area contributed by atoms with Crippen LogP contribution in [0.25, 0.3) is 10.9 Å². The van der Waals surface area contributed by atoms with Crippen LogP contribution in [0.2, 0.25) is 0 Å². The van der Waals surface area contributed by atoms with Crippen molar-refractivity contribution in [2.45, 2.75) is 6.18 Å². The van der Waals surface area contributed by atoms with Crippen molar-refractivity contribution < 1.29 is 27.8 Å². The molecule has 1 aromatic heterocycles. The second kappa shape index (κ2) is 6.91. The maximum Gasteiger partial charge on any atom is 0.416 e. The number of fused-ring (bicyclic) bond motifs is 1. The summed E-state index contributed by atoms with van der Waals surface area (Å²) in [7, 11) is 2.66. The summed E-state index contributed by atoms with van der Waals surface area (Å²) in [6, 6.07) is 8.55. The summed E-state index contributed by atoms with van der Waals surface area (Å²) in [5.41, 5.74) is -1.85. The Balaban J connectivity index is 2.07. The van der Waals surface area contributed by atoms with Gasteiger partial charge in [0.2, 0.25) is 0 Å². The van der Waals surface area contributed by atoms with Gasteiger partial charge in [-0.2, -0.15) is 13.2 Å². The van der Waals surface area contributed by atoms with Gasteiger partial charge in [-0.25, -0.2) is 0 Å². The van der Waals surface area contributed by atoms with Crippen LogP contribution in [0.4, 0.5) is 18.9 Å². The molecule has 0 bridgehead atoms. The van der Waals surface area contributed by atoms with E-state index < -0.39 is 34.5 Å². The Bertz CT molecular complexity index is 1110. The summed E-state index contributed by atoms with van der Waals surface area (Å²) in [6.45, 7) is 0. The first-order chi connectivity index (χ1) is 13.1.